The zero-order chi connectivity index (χ0) is 79.0. The van der Waals surface area contributed by atoms with Crippen LogP contribution >= 0.6 is 0 Å². The fourth-order valence-electron chi connectivity index (χ4n) is 14.9. The van der Waals surface area contributed by atoms with Crippen LogP contribution in [0.1, 0.15) is 111 Å². The third-order valence-corrected chi connectivity index (χ3v) is 20.3. The van der Waals surface area contributed by atoms with Gasteiger partial charge >= 0.3 is 36.2 Å². The fraction of sp³-hybridized carbons (Fsp3) is 0.769. The Morgan fingerprint density at radius 1 is 0.374 bits per heavy atom. The van der Waals surface area contributed by atoms with Crippen molar-refractivity contribution < 1.29 is 101 Å². The molecule has 12 aliphatic rings. The number of nitrogens with zero attached hydrogens (tertiary/aromatic N) is 14. The first-order valence-corrected chi connectivity index (χ1v) is 36.0. The van der Waals surface area contributed by atoms with Gasteiger partial charge in [0.15, 0.2) is 11.6 Å². The number of ketones is 3. The molecule has 12 atom stereocenters. The Hall–Kier alpha value is -8.91. The lowest BCUT2D eigenvalue weighted by atomic mass is 10.00. The van der Waals surface area contributed by atoms with Crippen molar-refractivity contribution >= 4 is 89.0 Å². The van der Waals surface area contributed by atoms with Gasteiger partial charge in [-0.25, -0.2) is 44.2 Å². The largest absolute Gasteiger partial charge is 0.347 e. The van der Waals surface area contributed by atoms with Crippen molar-refractivity contribution in [2.45, 2.75) is 184 Å². The molecule has 12 aliphatic heterocycles. The average Bonchev–Trinajstić information content (AvgIpc) is 1.69. The summed E-state index contributed by atoms with van der Waals surface area (Å²) < 4.78 is 0. The van der Waals surface area contributed by atoms with Gasteiger partial charge < -0.3 is 45.3 Å². The van der Waals surface area contributed by atoms with Gasteiger partial charge in [0.05, 0.1) is 98.5 Å². The van der Waals surface area contributed by atoms with E-state index >= 15 is 0 Å². The molecule has 7 N–H and O–H groups in total. The second kappa shape index (κ2) is 38.8. The van der Waals surface area contributed by atoms with Gasteiger partial charge in [0.1, 0.15) is 42.0 Å². The lowest BCUT2D eigenvalue weighted by Crippen LogP contribution is -2.52. The van der Waals surface area contributed by atoms with Crippen LogP contribution in [0.3, 0.4) is 0 Å². The molecule has 0 saturated carbocycles. The molecule has 107 heavy (non-hydrogen) atoms. The van der Waals surface area contributed by atoms with Crippen molar-refractivity contribution in [3.8, 4) is 0 Å². The standard InChI is InChI=1S/C13H21N3O4.C12H19N3O4.C11H17N3O4.2C10H18N4O3.C9H16N4O3/c1-8(2)11(17)6-14-12(18)10-5-4-9-7-15(10)13(19)16(9)20-3;1-3-9(16)6-13-11(17)10-5-4-8-7-14(10)12(18)15(8)19-2;1-7(15)5-12-10(16)9-4-3-8-6-13(9)11(17)14(8)18-2;2*1-12(2)11-9(15)8-5-4-7-6-13(8)10(16)14(7)17-3;1-10-11-8(14)7-4-3-6-5-12(7)9(15)13(6)16-2/h8-10H,4-7H2,1-3H3,(H,14,18);8,10H,3-7H2,1-2H3,(H,13,17);8-9H,3-6H2,1-2H3,(H,12,16);2*7-8H,4-6H2,1-3H3,(H,11,15);6-7,10H,3-5H2,1-2H3,(H,11,14)/t9-,10+;8-,10+;8-,9+;2*7-,8+;6-,7+/m111111/s1. The fourth-order valence-corrected chi connectivity index (χ4v) is 14.9. The van der Waals surface area contributed by atoms with Crippen LogP contribution in [0.2, 0.25) is 0 Å². The van der Waals surface area contributed by atoms with Crippen LogP contribution in [0.4, 0.5) is 28.8 Å². The maximum absolute atomic E-state index is 12.1. The molecule has 0 unspecified atom stereocenters. The molecule has 600 valence electrons. The zero-order valence-electron chi connectivity index (χ0n) is 63.9. The van der Waals surface area contributed by atoms with Gasteiger partial charge in [0, 0.05) is 86.8 Å². The minimum Gasteiger partial charge on any atom is -0.347 e. The molecule has 42 heteroatoms. The summed E-state index contributed by atoms with van der Waals surface area (Å²) >= 11 is 0. The van der Waals surface area contributed by atoms with E-state index in [2.05, 4.69) is 37.7 Å². The number of carbonyl (C=O) groups is 15. The summed E-state index contributed by atoms with van der Waals surface area (Å²) in [6.45, 7) is 10.0. The van der Waals surface area contributed by atoms with E-state index in [1.54, 1.807) is 80.7 Å². The van der Waals surface area contributed by atoms with Crippen LogP contribution in [-0.2, 0) is 72.2 Å². The van der Waals surface area contributed by atoms with Gasteiger partial charge in [0.2, 0.25) is 17.7 Å². The normalized spacial score (nSPS) is 26.9. The van der Waals surface area contributed by atoms with Crippen molar-refractivity contribution in [1.82, 2.24) is 107 Å². The third kappa shape index (κ3) is 20.1. The third-order valence-electron chi connectivity index (χ3n) is 20.3. The predicted octanol–water partition coefficient (Wildman–Crippen LogP) is -2.52. The van der Waals surface area contributed by atoms with Gasteiger partial charge in [-0.1, -0.05) is 20.8 Å². The maximum atomic E-state index is 12.1. The Morgan fingerprint density at radius 2 is 0.607 bits per heavy atom. The molecule has 0 aromatic carbocycles. The van der Waals surface area contributed by atoms with E-state index < -0.39 is 24.2 Å². The SMILES string of the molecule is CCC(=O)CNC(=O)[C@@H]1CC[C@@H]2CN1C(=O)N2OC.CNNC(=O)[C@@H]1CC[C@@H]2CN1C(=O)N2OC.CON1C(=O)N2C[C@H]1CC[C@H]2C(=O)NCC(=O)C(C)C.CON1C(=O)N2C[C@H]1CC[C@H]2C(=O)NCC(C)=O.CON1C(=O)N2C[C@H]1CC[C@H]2C(=O)NN(C)C.CON1C(=O)N2C[C@H]1CC[C@H]2C(=O)NN(C)C. The molecule has 12 bridgehead atoms. The highest BCUT2D eigenvalue weighted by atomic mass is 16.7. The highest BCUT2D eigenvalue weighted by Crippen LogP contribution is 2.35. The number of hydroxylamine groups is 12. The van der Waals surface area contributed by atoms with Crippen LogP contribution < -0.4 is 37.7 Å². The number of nitrogens with one attached hydrogen (secondary N) is 7. The molecular formula is C65H109N21O21. The van der Waals surface area contributed by atoms with Crippen molar-refractivity contribution in [2.24, 2.45) is 5.92 Å². The molecule has 0 radical (unpaired) electrons. The maximum Gasteiger partial charge on any atom is 0.345 e. The molecule has 12 fully saturated rings. The first-order chi connectivity index (χ1) is 50.8. The van der Waals surface area contributed by atoms with Gasteiger partial charge in [-0.3, -0.25) is 88.5 Å². The van der Waals surface area contributed by atoms with E-state index in [0.717, 1.165) is 38.5 Å². The quantitative estimate of drug-likeness (QED) is 0.0519. The molecule has 18 amide bonds. The number of amides is 18. The molecule has 12 rings (SSSR count). The molecule has 0 aromatic heterocycles. The van der Waals surface area contributed by atoms with Crippen LogP contribution in [0.25, 0.3) is 0 Å². The summed E-state index contributed by atoms with van der Waals surface area (Å²) in [4.78, 5) is 216. The molecular weight excluding hydrogens is 1410 g/mol. The van der Waals surface area contributed by atoms with Gasteiger partial charge in [0.25, 0.3) is 17.7 Å². The first kappa shape index (κ1) is 85.3. The minimum absolute atomic E-state index is 0.00871. The van der Waals surface area contributed by atoms with Crippen molar-refractivity contribution in [1.29, 1.82) is 0 Å². The van der Waals surface area contributed by atoms with E-state index in [-0.39, 0.29) is 163 Å². The Bertz CT molecular complexity index is 3180. The van der Waals surface area contributed by atoms with E-state index in [4.69, 9.17) is 29.0 Å². The summed E-state index contributed by atoms with van der Waals surface area (Å²) in [5.41, 5.74) is 10.5. The smallest absolute Gasteiger partial charge is 0.345 e. The van der Waals surface area contributed by atoms with Gasteiger partial charge in [-0.05, 0) is 84.0 Å². The first-order valence-electron chi connectivity index (χ1n) is 36.0. The molecule has 12 saturated heterocycles. The average molecular weight is 1520 g/mol. The molecule has 0 aliphatic carbocycles. The second-order valence-electron chi connectivity index (χ2n) is 28.0. The second-order valence-corrected chi connectivity index (χ2v) is 28.0. The van der Waals surface area contributed by atoms with Crippen molar-refractivity contribution in [2.75, 3.05) is 137 Å². The number of fused-ring (bicyclic) bond motifs is 12. The number of hydrazine groups is 3. The number of rotatable bonds is 23. The number of Topliss-reactive ketones (excluding diaryl/α,β-unsaturated/α-hetero) is 3. The topological polar surface area (TPSA) is 441 Å². The number of hydrogen-bond acceptors (Lipinski definition) is 24. The zero-order valence-corrected chi connectivity index (χ0v) is 63.9. The Kier molecular flexibility index (Phi) is 30.9. The number of hydrogen-bond donors (Lipinski definition) is 7. The molecule has 0 spiro atoms. The number of urea groups is 6. The summed E-state index contributed by atoms with van der Waals surface area (Å²) in [6.07, 6.45) is 8.78. The summed E-state index contributed by atoms with van der Waals surface area (Å²) in [6, 6.07) is -3.81. The Balaban J connectivity index is 0.000000179. The lowest BCUT2D eigenvalue weighted by molar-refractivity contribution is -0.130. The Morgan fingerprint density at radius 3 is 0.822 bits per heavy atom. The molecule has 42 nitrogen and oxygen atoms in total. The van der Waals surface area contributed by atoms with Crippen LogP contribution in [0.5, 0.6) is 0 Å². The number of carbonyl (C=O) groups excluding carboxylic acids is 15. The summed E-state index contributed by atoms with van der Waals surface area (Å²) in [5.74, 6) is -1.49. The monoisotopic (exact) mass is 1520 g/mol. The summed E-state index contributed by atoms with van der Waals surface area (Å²) in [7, 11) is 17.4. The van der Waals surface area contributed by atoms with Gasteiger partial charge in [-0.2, -0.15) is 30.4 Å². The van der Waals surface area contributed by atoms with Crippen molar-refractivity contribution in [3.05, 3.63) is 0 Å². The van der Waals surface area contributed by atoms with Crippen LogP contribution in [-0.4, -0.2) is 368 Å². The minimum atomic E-state index is -0.501. The predicted molar refractivity (Wildman–Crippen MR) is 372 cm³/mol. The molecule has 0 aromatic rings. The number of piperidine rings is 6. The lowest BCUT2D eigenvalue weighted by Gasteiger charge is -2.30. The summed E-state index contributed by atoms with van der Waals surface area (Å²) in [5, 5.41) is 19.0. The Labute approximate surface area is 621 Å². The van der Waals surface area contributed by atoms with Crippen molar-refractivity contribution in [3.63, 3.8) is 0 Å². The van der Waals surface area contributed by atoms with E-state index in [0.29, 0.717) is 84.2 Å². The van der Waals surface area contributed by atoms with Crippen LogP contribution in [0.15, 0.2) is 0 Å². The van der Waals surface area contributed by atoms with Gasteiger partial charge in [-0.15, -0.1) is 0 Å². The van der Waals surface area contributed by atoms with Crippen LogP contribution in [0, 0.1) is 5.92 Å². The van der Waals surface area contributed by atoms with E-state index in [1.807, 2.05) is 0 Å². The van der Waals surface area contributed by atoms with E-state index in [1.165, 1.54) is 94.7 Å². The molecule has 12 heterocycles. The van der Waals surface area contributed by atoms with E-state index in [9.17, 15) is 71.9 Å². The highest BCUT2D eigenvalue weighted by Gasteiger charge is 2.53. The highest BCUT2D eigenvalue weighted by molar-refractivity contribution is 5.95.